The predicted molar refractivity (Wildman–Crippen MR) is 84.6 cm³/mol. The molecular weight excluding hydrogens is 262 g/mol. The summed E-state index contributed by atoms with van der Waals surface area (Å²) in [5, 5.41) is 1.06. The molecule has 21 heavy (non-hydrogen) atoms. The van der Waals surface area contributed by atoms with Crippen molar-refractivity contribution in [2.75, 3.05) is 6.61 Å². The summed E-state index contributed by atoms with van der Waals surface area (Å²) in [4.78, 5) is 0. The van der Waals surface area contributed by atoms with Crippen LogP contribution < -0.4 is 10.5 Å². The van der Waals surface area contributed by atoms with E-state index in [2.05, 4.69) is 0 Å². The van der Waals surface area contributed by atoms with Crippen molar-refractivity contribution in [1.82, 2.24) is 0 Å². The van der Waals surface area contributed by atoms with Gasteiger partial charge in [0.15, 0.2) is 0 Å². The molecule has 2 N–H and O–H groups in total. The molecule has 1 unspecified atom stereocenters. The van der Waals surface area contributed by atoms with E-state index in [9.17, 15) is 0 Å². The van der Waals surface area contributed by atoms with Gasteiger partial charge in [0.2, 0.25) is 0 Å². The number of ether oxygens (including phenoxy) is 1. The molecule has 1 heterocycles. The molecule has 3 nitrogen and oxygen atoms in total. The summed E-state index contributed by atoms with van der Waals surface area (Å²) in [6.45, 7) is 4.47. The average Bonchev–Trinajstić information content (AvgIpc) is 2.90. The Labute approximate surface area is 124 Å². The smallest absolute Gasteiger partial charge is 0.134 e. The minimum absolute atomic E-state index is 0.281. The van der Waals surface area contributed by atoms with Gasteiger partial charge in [0.25, 0.3) is 0 Å². The Morgan fingerprint density at radius 3 is 2.48 bits per heavy atom. The molecule has 1 atom stereocenters. The fourth-order valence-corrected chi connectivity index (χ4v) is 2.47. The van der Waals surface area contributed by atoms with E-state index in [4.69, 9.17) is 14.9 Å². The monoisotopic (exact) mass is 281 g/mol. The van der Waals surface area contributed by atoms with Crippen LogP contribution in [0.2, 0.25) is 0 Å². The van der Waals surface area contributed by atoms with Gasteiger partial charge in [-0.15, -0.1) is 0 Å². The Bertz CT molecular complexity index is 708. The van der Waals surface area contributed by atoms with Crippen molar-refractivity contribution < 1.29 is 9.15 Å². The van der Waals surface area contributed by atoms with Gasteiger partial charge in [-0.2, -0.15) is 0 Å². The predicted octanol–water partition coefficient (Wildman–Crippen LogP) is 4.13. The molecule has 0 fully saturated rings. The molecule has 0 bridgehead atoms. The van der Waals surface area contributed by atoms with Gasteiger partial charge in [-0.1, -0.05) is 36.4 Å². The van der Waals surface area contributed by atoms with Crippen molar-refractivity contribution in [2.24, 2.45) is 5.73 Å². The first-order chi connectivity index (χ1) is 10.1. The molecule has 2 aromatic carbocycles. The van der Waals surface area contributed by atoms with Crippen LogP contribution >= 0.6 is 0 Å². The van der Waals surface area contributed by atoms with Crippen LogP contribution in [0.25, 0.3) is 11.0 Å². The van der Waals surface area contributed by atoms with Crippen molar-refractivity contribution in [1.29, 1.82) is 0 Å². The zero-order chi connectivity index (χ0) is 14.8. The number of hydrogen-bond acceptors (Lipinski definition) is 3. The highest BCUT2D eigenvalue weighted by Crippen LogP contribution is 2.26. The minimum atomic E-state index is -0.281. The molecule has 108 valence electrons. The van der Waals surface area contributed by atoms with E-state index >= 15 is 0 Å². The molecule has 0 spiro atoms. The van der Waals surface area contributed by atoms with Crippen LogP contribution in [0.15, 0.2) is 52.9 Å². The Morgan fingerprint density at radius 2 is 1.76 bits per heavy atom. The standard InChI is InChI=1S/C18H19NO2/c1-12-6-5-7-13(2)18(12)20-11-15(19)17-10-14-8-3-4-9-16(14)21-17/h3-10,15H,11,19H2,1-2H3. The number of fused-ring (bicyclic) bond motifs is 1. The third kappa shape index (κ3) is 2.78. The van der Waals surface area contributed by atoms with Crippen LogP contribution in [0.1, 0.15) is 22.9 Å². The fourth-order valence-electron chi connectivity index (χ4n) is 2.47. The minimum Gasteiger partial charge on any atom is -0.491 e. The lowest BCUT2D eigenvalue weighted by atomic mass is 10.1. The number of nitrogens with two attached hydrogens (primary N) is 1. The molecule has 0 aliphatic carbocycles. The second-order valence-corrected chi connectivity index (χ2v) is 5.33. The number of para-hydroxylation sites is 2. The molecule has 3 aromatic rings. The van der Waals surface area contributed by atoms with E-state index in [0.29, 0.717) is 6.61 Å². The van der Waals surface area contributed by atoms with Gasteiger partial charge < -0.3 is 14.9 Å². The Balaban J connectivity index is 1.75. The highest BCUT2D eigenvalue weighted by molar-refractivity contribution is 5.77. The molecule has 1 aromatic heterocycles. The SMILES string of the molecule is Cc1cccc(C)c1OCC(N)c1cc2ccccc2o1. The van der Waals surface area contributed by atoms with E-state index in [-0.39, 0.29) is 6.04 Å². The van der Waals surface area contributed by atoms with E-state index in [1.165, 1.54) is 0 Å². The Morgan fingerprint density at radius 1 is 1.05 bits per heavy atom. The van der Waals surface area contributed by atoms with Crippen LogP contribution in [0.4, 0.5) is 0 Å². The van der Waals surface area contributed by atoms with Crippen LogP contribution in [-0.2, 0) is 0 Å². The van der Waals surface area contributed by atoms with Gasteiger partial charge in [-0.25, -0.2) is 0 Å². The normalized spacial score (nSPS) is 12.5. The number of furan rings is 1. The number of hydrogen-bond donors (Lipinski definition) is 1. The van der Waals surface area contributed by atoms with Crippen molar-refractivity contribution in [3.05, 3.63) is 65.4 Å². The van der Waals surface area contributed by atoms with Crippen LogP contribution in [0, 0.1) is 13.8 Å². The highest BCUT2D eigenvalue weighted by Gasteiger charge is 2.14. The second kappa shape index (κ2) is 5.62. The average molecular weight is 281 g/mol. The van der Waals surface area contributed by atoms with Gasteiger partial charge >= 0.3 is 0 Å². The zero-order valence-electron chi connectivity index (χ0n) is 12.3. The van der Waals surface area contributed by atoms with Gasteiger partial charge in [0.1, 0.15) is 23.7 Å². The van der Waals surface area contributed by atoms with Gasteiger partial charge in [0.05, 0.1) is 6.04 Å². The lowest BCUT2D eigenvalue weighted by Gasteiger charge is -2.14. The van der Waals surface area contributed by atoms with Crippen molar-refractivity contribution in [3.63, 3.8) is 0 Å². The van der Waals surface area contributed by atoms with Crippen LogP contribution in [0.5, 0.6) is 5.75 Å². The summed E-state index contributed by atoms with van der Waals surface area (Å²) < 4.78 is 11.7. The molecule has 0 saturated carbocycles. The molecule has 0 radical (unpaired) electrons. The first-order valence-electron chi connectivity index (χ1n) is 7.08. The van der Waals surface area contributed by atoms with E-state index in [1.807, 2.05) is 62.4 Å². The maximum absolute atomic E-state index is 6.19. The molecule has 0 amide bonds. The first-order valence-corrected chi connectivity index (χ1v) is 7.08. The Hall–Kier alpha value is -2.26. The van der Waals surface area contributed by atoms with Crippen molar-refractivity contribution >= 4 is 11.0 Å². The second-order valence-electron chi connectivity index (χ2n) is 5.33. The summed E-state index contributed by atoms with van der Waals surface area (Å²) in [6, 6.07) is 15.7. The quantitative estimate of drug-likeness (QED) is 0.782. The number of benzene rings is 2. The third-order valence-electron chi connectivity index (χ3n) is 3.63. The third-order valence-corrected chi connectivity index (χ3v) is 3.63. The number of aryl methyl sites for hydroxylation is 2. The molecular formula is C18H19NO2. The maximum atomic E-state index is 6.19. The lowest BCUT2D eigenvalue weighted by molar-refractivity contribution is 0.272. The molecule has 3 rings (SSSR count). The zero-order valence-corrected chi connectivity index (χ0v) is 12.3. The van der Waals surface area contributed by atoms with Crippen molar-refractivity contribution in [3.8, 4) is 5.75 Å². The molecule has 3 heteroatoms. The van der Waals surface area contributed by atoms with Crippen molar-refractivity contribution in [2.45, 2.75) is 19.9 Å². The van der Waals surface area contributed by atoms with Gasteiger partial charge in [-0.05, 0) is 37.1 Å². The molecule has 0 aliphatic heterocycles. The van der Waals surface area contributed by atoms with Gasteiger partial charge in [0, 0.05) is 5.39 Å². The Kier molecular flexibility index (Phi) is 3.67. The first kappa shape index (κ1) is 13.7. The highest BCUT2D eigenvalue weighted by atomic mass is 16.5. The van der Waals surface area contributed by atoms with Gasteiger partial charge in [-0.3, -0.25) is 0 Å². The van der Waals surface area contributed by atoms with Crippen LogP contribution in [0.3, 0.4) is 0 Å². The summed E-state index contributed by atoms with van der Waals surface area (Å²) in [5.74, 6) is 1.66. The van der Waals surface area contributed by atoms with Crippen LogP contribution in [-0.4, -0.2) is 6.61 Å². The number of rotatable bonds is 4. The topological polar surface area (TPSA) is 48.4 Å². The fraction of sp³-hybridized carbons (Fsp3) is 0.222. The largest absolute Gasteiger partial charge is 0.491 e. The van der Waals surface area contributed by atoms with E-state index in [1.54, 1.807) is 0 Å². The summed E-state index contributed by atoms with van der Waals surface area (Å²) in [7, 11) is 0. The van der Waals surface area contributed by atoms with E-state index in [0.717, 1.165) is 33.6 Å². The summed E-state index contributed by atoms with van der Waals surface area (Å²) >= 11 is 0. The summed E-state index contributed by atoms with van der Waals surface area (Å²) in [5.41, 5.74) is 9.28. The summed E-state index contributed by atoms with van der Waals surface area (Å²) in [6.07, 6.45) is 0. The molecule has 0 saturated heterocycles. The maximum Gasteiger partial charge on any atom is 0.134 e. The lowest BCUT2D eigenvalue weighted by Crippen LogP contribution is -2.18. The molecule has 0 aliphatic rings. The van der Waals surface area contributed by atoms with E-state index < -0.39 is 0 Å².